The van der Waals surface area contributed by atoms with Crippen molar-refractivity contribution in [1.29, 1.82) is 0 Å². The number of methoxy groups -OCH3 is 1. The molecule has 6 nitrogen and oxygen atoms in total. The van der Waals surface area contributed by atoms with Crippen molar-refractivity contribution < 1.29 is 4.74 Å². The Labute approximate surface area is 166 Å². The Balaban J connectivity index is 1.68. The van der Waals surface area contributed by atoms with Gasteiger partial charge in [0.2, 0.25) is 0 Å². The minimum atomic E-state index is -0.155. The van der Waals surface area contributed by atoms with Crippen LogP contribution >= 0.6 is 11.6 Å². The molecule has 0 saturated carbocycles. The molecule has 0 spiro atoms. The van der Waals surface area contributed by atoms with Crippen LogP contribution in [0.5, 0.6) is 5.75 Å². The van der Waals surface area contributed by atoms with Crippen LogP contribution in [-0.2, 0) is 6.54 Å². The van der Waals surface area contributed by atoms with Crippen LogP contribution in [0.3, 0.4) is 0 Å². The molecule has 0 radical (unpaired) electrons. The highest BCUT2D eigenvalue weighted by Crippen LogP contribution is 2.22. The number of benzene rings is 2. The number of hydrogen-bond donors (Lipinski definition) is 2. The van der Waals surface area contributed by atoms with Crippen LogP contribution in [-0.4, -0.2) is 21.9 Å². The molecular formula is C21H19ClN4O2. The zero-order chi connectivity index (χ0) is 19.7. The summed E-state index contributed by atoms with van der Waals surface area (Å²) in [6, 6.07) is 16.8. The molecule has 0 saturated heterocycles. The van der Waals surface area contributed by atoms with E-state index in [1.807, 2.05) is 49.4 Å². The molecule has 0 atom stereocenters. The quantitative estimate of drug-likeness (QED) is 0.529. The number of hydrogen-bond acceptors (Lipinski definition) is 4. The zero-order valence-electron chi connectivity index (χ0n) is 15.5. The molecule has 0 aliphatic heterocycles. The van der Waals surface area contributed by atoms with Crippen LogP contribution in [0.2, 0.25) is 5.02 Å². The average molecular weight is 395 g/mol. The maximum Gasteiger partial charge on any atom is 0.254 e. The first-order valence-corrected chi connectivity index (χ1v) is 9.18. The highest BCUT2D eigenvalue weighted by molar-refractivity contribution is 6.30. The second-order valence-electron chi connectivity index (χ2n) is 6.45. The van der Waals surface area contributed by atoms with E-state index in [1.165, 1.54) is 0 Å². The summed E-state index contributed by atoms with van der Waals surface area (Å²) >= 11 is 5.97. The predicted molar refractivity (Wildman–Crippen MR) is 112 cm³/mol. The molecule has 0 bridgehead atoms. The van der Waals surface area contributed by atoms with E-state index in [1.54, 1.807) is 23.9 Å². The summed E-state index contributed by atoms with van der Waals surface area (Å²) in [6.07, 6.45) is 0. The van der Waals surface area contributed by atoms with Crippen molar-refractivity contribution in [3.63, 3.8) is 0 Å². The largest absolute Gasteiger partial charge is 0.497 e. The number of halogens is 1. The molecule has 4 aromatic rings. The topological polar surface area (TPSA) is 71.9 Å². The molecule has 0 aliphatic carbocycles. The van der Waals surface area contributed by atoms with Gasteiger partial charge in [-0.15, -0.1) is 0 Å². The molecule has 2 heterocycles. The molecule has 4 rings (SSSR count). The molecule has 0 aliphatic rings. The number of H-pyrrole nitrogens is 1. The number of aromatic nitrogens is 3. The lowest BCUT2D eigenvalue weighted by molar-refractivity contribution is 0.415. The molecule has 2 aromatic carbocycles. The van der Waals surface area contributed by atoms with Crippen LogP contribution in [0, 0.1) is 6.92 Å². The summed E-state index contributed by atoms with van der Waals surface area (Å²) in [5.41, 5.74) is 3.69. The molecule has 0 fully saturated rings. The smallest absolute Gasteiger partial charge is 0.254 e. The second kappa shape index (κ2) is 7.40. The van der Waals surface area contributed by atoms with Crippen molar-refractivity contribution >= 4 is 28.3 Å². The van der Waals surface area contributed by atoms with Gasteiger partial charge in [-0.25, -0.2) is 4.68 Å². The van der Waals surface area contributed by atoms with Gasteiger partial charge in [0.05, 0.1) is 18.5 Å². The van der Waals surface area contributed by atoms with Gasteiger partial charge >= 0.3 is 0 Å². The van der Waals surface area contributed by atoms with E-state index in [0.29, 0.717) is 22.8 Å². The number of fused-ring (bicyclic) bond motifs is 1. The molecule has 2 N–H and O–H groups in total. The van der Waals surface area contributed by atoms with Gasteiger partial charge in [-0.3, -0.25) is 4.79 Å². The third-order valence-electron chi connectivity index (χ3n) is 4.57. The van der Waals surface area contributed by atoms with Crippen molar-refractivity contribution in [2.45, 2.75) is 13.5 Å². The minimum absolute atomic E-state index is 0.155. The SMILES string of the molecule is COc1cccc(NCc2cc3c(C)nn(-c4ccc(Cl)cc4)c3[nH]c2=O)c1. The van der Waals surface area contributed by atoms with Crippen molar-refractivity contribution in [3.05, 3.63) is 81.2 Å². The van der Waals surface area contributed by atoms with Crippen molar-refractivity contribution in [2.24, 2.45) is 0 Å². The first kappa shape index (κ1) is 18.1. The van der Waals surface area contributed by atoms with E-state index in [9.17, 15) is 4.79 Å². The molecule has 7 heteroatoms. The highest BCUT2D eigenvalue weighted by atomic mass is 35.5. The van der Waals surface area contributed by atoms with E-state index in [0.717, 1.165) is 28.2 Å². The van der Waals surface area contributed by atoms with Crippen molar-refractivity contribution in [2.75, 3.05) is 12.4 Å². The standard InChI is InChI=1S/C21H19ClN4O2/c1-13-19-10-14(12-23-16-4-3-5-18(11-16)28-2)21(27)24-20(19)26(25-13)17-8-6-15(22)7-9-17/h3-11,23H,12H2,1-2H3,(H,24,27). The number of pyridine rings is 1. The third-order valence-corrected chi connectivity index (χ3v) is 4.82. The van der Waals surface area contributed by atoms with E-state index in [2.05, 4.69) is 15.4 Å². The Morgan fingerprint density at radius 3 is 2.71 bits per heavy atom. The first-order valence-electron chi connectivity index (χ1n) is 8.80. The van der Waals surface area contributed by atoms with Gasteiger partial charge in [0.25, 0.3) is 5.56 Å². The van der Waals surface area contributed by atoms with E-state index in [4.69, 9.17) is 16.3 Å². The van der Waals surface area contributed by atoms with Crippen molar-refractivity contribution in [3.8, 4) is 11.4 Å². The number of rotatable bonds is 5. The van der Waals surface area contributed by atoms with Gasteiger partial charge in [-0.2, -0.15) is 5.10 Å². The van der Waals surface area contributed by atoms with E-state index in [-0.39, 0.29) is 5.56 Å². The van der Waals surface area contributed by atoms with Gasteiger partial charge in [0.1, 0.15) is 11.4 Å². The number of aromatic amines is 1. The van der Waals surface area contributed by atoms with Gasteiger partial charge in [-0.1, -0.05) is 17.7 Å². The third kappa shape index (κ3) is 3.46. The van der Waals surface area contributed by atoms with E-state index >= 15 is 0 Å². The minimum Gasteiger partial charge on any atom is -0.497 e. The summed E-state index contributed by atoms with van der Waals surface area (Å²) < 4.78 is 6.95. The summed E-state index contributed by atoms with van der Waals surface area (Å²) in [6.45, 7) is 2.32. The number of nitrogens with zero attached hydrogens (tertiary/aromatic N) is 2. The number of nitrogens with one attached hydrogen (secondary N) is 2. The van der Waals surface area contributed by atoms with Crippen LogP contribution in [0.25, 0.3) is 16.7 Å². The summed E-state index contributed by atoms with van der Waals surface area (Å²) in [5.74, 6) is 0.759. The molecule has 0 amide bonds. The van der Waals surface area contributed by atoms with Crippen LogP contribution < -0.4 is 15.6 Å². The van der Waals surface area contributed by atoms with Crippen LogP contribution in [0.1, 0.15) is 11.3 Å². The summed E-state index contributed by atoms with van der Waals surface area (Å²) in [7, 11) is 1.62. The second-order valence-corrected chi connectivity index (χ2v) is 6.88. The maximum atomic E-state index is 12.6. The fourth-order valence-corrected chi connectivity index (χ4v) is 3.22. The average Bonchev–Trinajstić information content (AvgIpc) is 3.02. The fraction of sp³-hybridized carbons (Fsp3) is 0.143. The Kier molecular flexibility index (Phi) is 4.79. The Morgan fingerprint density at radius 2 is 1.96 bits per heavy atom. The maximum absolute atomic E-state index is 12.6. The van der Waals surface area contributed by atoms with E-state index < -0.39 is 0 Å². The highest BCUT2D eigenvalue weighted by Gasteiger charge is 2.13. The molecule has 0 unspecified atom stereocenters. The monoisotopic (exact) mass is 394 g/mol. The number of ether oxygens (including phenoxy) is 1. The zero-order valence-corrected chi connectivity index (χ0v) is 16.2. The molecule has 28 heavy (non-hydrogen) atoms. The Bertz CT molecular complexity index is 1200. The normalized spacial score (nSPS) is 11.0. The Hall–Kier alpha value is -3.25. The lowest BCUT2D eigenvalue weighted by Crippen LogP contribution is -2.16. The van der Waals surface area contributed by atoms with Gasteiger partial charge < -0.3 is 15.0 Å². The molecular weight excluding hydrogens is 376 g/mol. The van der Waals surface area contributed by atoms with Gasteiger partial charge in [0, 0.05) is 34.3 Å². The van der Waals surface area contributed by atoms with Gasteiger partial charge in [0.15, 0.2) is 0 Å². The predicted octanol–water partition coefficient (Wildman–Crippen LogP) is 4.30. The lowest BCUT2D eigenvalue weighted by Gasteiger charge is -2.08. The summed E-state index contributed by atoms with van der Waals surface area (Å²) in [4.78, 5) is 15.6. The summed E-state index contributed by atoms with van der Waals surface area (Å²) in [5, 5.41) is 9.39. The molecule has 142 valence electrons. The van der Waals surface area contributed by atoms with Crippen LogP contribution in [0.15, 0.2) is 59.4 Å². The Morgan fingerprint density at radius 1 is 1.18 bits per heavy atom. The lowest BCUT2D eigenvalue weighted by atomic mass is 10.2. The number of aryl methyl sites for hydroxylation is 1. The number of anilines is 1. The van der Waals surface area contributed by atoms with Gasteiger partial charge in [-0.05, 0) is 49.4 Å². The first-order chi connectivity index (χ1) is 13.5. The fourth-order valence-electron chi connectivity index (χ4n) is 3.09. The van der Waals surface area contributed by atoms with Crippen LogP contribution in [0.4, 0.5) is 5.69 Å². The van der Waals surface area contributed by atoms with Crippen molar-refractivity contribution in [1.82, 2.24) is 14.8 Å². The molecule has 2 aromatic heterocycles.